The number of unbranched alkanes of at least 4 members (excludes halogenated alkanes) is 2. The minimum Gasteiger partial charge on any atom is -0.504 e. The molecule has 2 aromatic heterocycles. The lowest BCUT2D eigenvalue weighted by Crippen LogP contribution is -2.36. The fourth-order valence-electron chi connectivity index (χ4n) is 5.15. The second kappa shape index (κ2) is 17.9. The van der Waals surface area contributed by atoms with Crippen molar-refractivity contribution in [1.29, 1.82) is 0 Å². The van der Waals surface area contributed by atoms with E-state index >= 15 is 0 Å². The summed E-state index contributed by atoms with van der Waals surface area (Å²) in [5.74, 6) is -1.99. The number of aromatic nitrogens is 2. The zero-order valence-electron chi connectivity index (χ0n) is 26.8. The van der Waals surface area contributed by atoms with Gasteiger partial charge in [0.2, 0.25) is 11.8 Å². The highest BCUT2D eigenvalue weighted by molar-refractivity contribution is 5.95. The summed E-state index contributed by atoms with van der Waals surface area (Å²) in [4.78, 5) is 57.6. The van der Waals surface area contributed by atoms with E-state index in [4.69, 9.17) is 4.74 Å². The molecule has 0 radical (unpaired) electrons. The summed E-state index contributed by atoms with van der Waals surface area (Å²) < 4.78 is 5.94. The predicted molar refractivity (Wildman–Crippen MR) is 182 cm³/mol. The number of carbonyl (C=O) groups is 4. The molecule has 3 amide bonds. The van der Waals surface area contributed by atoms with E-state index in [9.17, 15) is 29.4 Å². The Morgan fingerprint density at radius 3 is 2.46 bits per heavy atom. The fraction of sp³-hybridized carbons (Fsp3) is 0.306. The second-order valence-corrected chi connectivity index (χ2v) is 11.4. The Morgan fingerprint density at radius 1 is 0.917 bits per heavy atom. The number of pyridine rings is 1. The lowest BCUT2D eigenvalue weighted by molar-refractivity contribution is -0.117. The van der Waals surface area contributed by atoms with Gasteiger partial charge in [0.1, 0.15) is 11.8 Å². The molecule has 12 heteroatoms. The van der Waals surface area contributed by atoms with Crippen LogP contribution in [0, 0.1) is 0 Å². The van der Waals surface area contributed by atoms with Crippen molar-refractivity contribution in [2.75, 3.05) is 12.4 Å². The number of nitrogens with zero attached hydrogens (tertiary/aromatic N) is 1. The highest BCUT2D eigenvalue weighted by Gasteiger charge is 2.22. The summed E-state index contributed by atoms with van der Waals surface area (Å²) in [7, 11) is 1.57. The number of H-pyrrole nitrogens is 1. The number of para-hydroxylation sites is 1. The van der Waals surface area contributed by atoms with Crippen molar-refractivity contribution >= 4 is 40.3 Å². The van der Waals surface area contributed by atoms with Crippen LogP contribution in [0.15, 0.2) is 85.2 Å². The summed E-state index contributed by atoms with van der Waals surface area (Å²) in [5, 5.41) is 28.5. The van der Waals surface area contributed by atoms with Crippen molar-refractivity contribution in [2.24, 2.45) is 0 Å². The summed E-state index contributed by atoms with van der Waals surface area (Å²) in [6, 6.07) is 16.2. The molecule has 0 aliphatic rings. The first-order chi connectivity index (χ1) is 23.2. The number of rotatable bonds is 17. The second-order valence-electron chi connectivity index (χ2n) is 11.4. The molecule has 0 spiro atoms. The minimum atomic E-state index is -0.654. The number of amides is 3. The van der Waals surface area contributed by atoms with Crippen molar-refractivity contribution in [3.8, 4) is 11.5 Å². The Kier molecular flexibility index (Phi) is 13.1. The number of nitrogens with one attached hydrogen (secondary N) is 4. The monoisotopic (exact) mass is 655 g/mol. The summed E-state index contributed by atoms with van der Waals surface area (Å²) in [5.41, 5.74) is 1.87. The van der Waals surface area contributed by atoms with E-state index in [0.717, 1.165) is 23.7 Å². The molecule has 12 nitrogen and oxygen atoms in total. The van der Waals surface area contributed by atoms with Crippen molar-refractivity contribution < 1.29 is 34.1 Å². The van der Waals surface area contributed by atoms with Gasteiger partial charge in [-0.1, -0.05) is 30.7 Å². The number of benzene rings is 2. The van der Waals surface area contributed by atoms with Crippen LogP contribution in [-0.4, -0.2) is 63.1 Å². The van der Waals surface area contributed by atoms with E-state index in [1.807, 2.05) is 30.3 Å². The van der Waals surface area contributed by atoms with Crippen LogP contribution in [0.4, 0.5) is 5.69 Å². The van der Waals surface area contributed by atoms with Crippen LogP contribution in [-0.2, 0) is 14.3 Å². The smallest absolute Gasteiger partial charge is 0.355 e. The number of phenolic OH excluding ortho intramolecular Hbond substituents is 2. The summed E-state index contributed by atoms with van der Waals surface area (Å²) in [6.07, 6.45) is 9.76. The van der Waals surface area contributed by atoms with Gasteiger partial charge >= 0.3 is 5.97 Å². The molecule has 0 saturated carbocycles. The lowest BCUT2D eigenvalue weighted by atomic mass is 9.99. The zero-order valence-corrected chi connectivity index (χ0v) is 26.8. The number of fused-ring (bicyclic) bond motifs is 1. The van der Waals surface area contributed by atoms with Gasteiger partial charge in [0.05, 0.1) is 0 Å². The molecule has 0 aliphatic heterocycles. The molecule has 4 rings (SSSR count). The Bertz CT molecular complexity index is 1690. The van der Waals surface area contributed by atoms with Crippen LogP contribution in [0.3, 0.4) is 0 Å². The number of aromatic hydroxyl groups is 2. The number of phenols is 2. The first-order valence-electron chi connectivity index (χ1n) is 15.9. The summed E-state index contributed by atoms with van der Waals surface area (Å²) in [6.45, 7) is 0. The molecule has 0 bridgehead atoms. The average Bonchev–Trinajstić information content (AvgIpc) is 3.54. The summed E-state index contributed by atoms with van der Waals surface area (Å²) >= 11 is 0. The van der Waals surface area contributed by atoms with E-state index in [-0.39, 0.29) is 53.8 Å². The maximum atomic E-state index is 13.3. The number of carbonyl (C=O) groups excluding carboxylic acids is 4. The number of likely N-dealkylation sites (N-methyl/N-ethyl adjacent to an activating group) is 1. The van der Waals surface area contributed by atoms with Gasteiger partial charge in [-0.2, -0.15) is 0 Å². The molecule has 48 heavy (non-hydrogen) atoms. The number of anilines is 1. The Balaban J connectivity index is 1.43. The van der Waals surface area contributed by atoms with Crippen molar-refractivity contribution in [3.05, 3.63) is 96.5 Å². The highest BCUT2D eigenvalue weighted by atomic mass is 16.5. The van der Waals surface area contributed by atoms with Crippen molar-refractivity contribution in [2.45, 2.75) is 63.5 Å². The van der Waals surface area contributed by atoms with E-state index in [1.165, 1.54) is 24.3 Å². The molecule has 0 aliphatic carbocycles. The van der Waals surface area contributed by atoms with Crippen LogP contribution in [0.1, 0.15) is 72.2 Å². The van der Waals surface area contributed by atoms with Crippen LogP contribution < -0.4 is 16.0 Å². The third kappa shape index (κ3) is 11.0. The number of esters is 1. The largest absolute Gasteiger partial charge is 0.504 e. The average molecular weight is 656 g/mol. The van der Waals surface area contributed by atoms with Crippen LogP contribution in [0.25, 0.3) is 10.9 Å². The van der Waals surface area contributed by atoms with E-state index in [2.05, 4.69) is 25.9 Å². The van der Waals surface area contributed by atoms with Gasteiger partial charge in [-0.25, -0.2) is 4.79 Å². The quantitative estimate of drug-likeness (QED) is 0.0289. The molecule has 6 N–H and O–H groups in total. The number of allylic oxidation sites excluding steroid dienone is 1. The van der Waals surface area contributed by atoms with Crippen LogP contribution in [0.5, 0.6) is 11.5 Å². The molecule has 2 atom stereocenters. The van der Waals surface area contributed by atoms with Gasteiger partial charge in [-0.05, 0) is 81.0 Å². The van der Waals surface area contributed by atoms with Gasteiger partial charge in [0, 0.05) is 60.1 Å². The number of hydrogen-bond donors (Lipinski definition) is 6. The van der Waals surface area contributed by atoms with Crippen molar-refractivity contribution in [3.63, 3.8) is 0 Å². The molecule has 4 aromatic rings. The fourth-order valence-corrected chi connectivity index (χ4v) is 5.15. The normalized spacial score (nSPS) is 12.4. The predicted octanol–water partition coefficient (Wildman–Crippen LogP) is 5.36. The molecule has 2 aromatic carbocycles. The number of aromatic amines is 1. The van der Waals surface area contributed by atoms with Gasteiger partial charge in [0.25, 0.3) is 5.91 Å². The highest BCUT2D eigenvalue weighted by Crippen LogP contribution is 2.27. The number of ether oxygens (including phenoxy) is 1. The van der Waals surface area contributed by atoms with E-state index < -0.39 is 12.1 Å². The SMILES string of the molecule is CNC(=O)/C=C/CCCCC(CCC(CCC(=O)Nc1ccc(O)c(O)c1)OC(=O)c1cc2ccccc2[nH]1)NC(=O)c1ccncc1. The van der Waals surface area contributed by atoms with E-state index in [0.29, 0.717) is 36.9 Å². The third-order valence-electron chi connectivity index (χ3n) is 7.78. The molecule has 0 fully saturated rings. The molecule has 2 heterocycles. The Morgan fingerprint density at radius 2 is 1.71 bits per heavy atom. The van der Waals surface area contributed by atoms with Crippen LogP contribution in [0.2, 0.25) is 0 Å². The van der Waals surface area contributed by atoms with Gasteiger partial charge in [0.15, 0.2) is 11.5 Å². The molecule has 2 unspecified atom stereocenters. The van der Waals surface area contributed by atoms with Crippen LogP contribution >= 0.6 is 0 Å². The third-order valence-corrected chi connectivity index (χ3v) is 7.78. The molecular formula is C36H41N5O7. The van der Waals surface area contributed by atoms with Gasteiger partial charge < -0.3 is 35.9 Å². The molecule has 252 valence electrons. The number of hydrogen-bond acceptors (Lipinski definition) is 8. The first kappa shape index (κ1) is 35.2. The lowest BCUT2D eigenvalue weighted by Gasteiger charge is -2.23. The minimum absolute atomic E-state index is 0.0119. The molecule has 0 saturated heterocycles. The van der Waals surface area contributed by atoms with Crippen molar-refractivity contribution in [1.82, 2.24) is 20.6 Å². The standard InChI is InChI=1S/C36H41N5O7/c1-37-33(44)11-5-3-2-4-9-26(40-35(46)24-18-20-38-21-19-24)12-14-28(15-17-34(45)39-27-13-16-31(42)32(43)23-27)48-36(47)30-22-25-8-6-7-10-29(25)41-30/h5-8,10-11,13,16,18-23,26,28,41-43H,2-4,9,12,14-15,17H2,1H3,(H,37,44)(H,39,45)(H,40,46)/b11-5+. The maximum absolute atomic E-state index is 13.3. The first-order valence-corrected chi connectivity index (χ1v) is 15.9. The van der Waals surface area contributed by atoms with E-state index in [1.54, 1.807) is 37.6 Å². The Labute approximate surface area is 278 Å². The topological polar surface area (TPSA) is 183 Å². The molecular weight excluding hydrogens is 614 g/mol. The zero-order chi connectivity index (χ0) is 34.3. The van der Waals surface area contributed by atoms with Gasteiger partial charge in [-0.15, -0.1) is 0 Å². The Hall–Kier alpha value is -5.65. The maximum Gasteiger partial charge on any atom is 0.355 e. The van der Waals surface area contributed by atoms with Gasteiger partial charge in [-0.3, -0.25) is 19.4 Å².